The molecule has 73 heavy (non-hydrogen) atoms. The molecule has 4 rings (SSSR count). The number of carbonyl (C=O) groups excluding carboxylic acids is 7. The Bertz CT molecular complexity index is 2040. The third-order valence-corrected chi connectivity index (χ3v) is 14.7. The van der Waals surface area contributed by atoms with Gasteiger partial charge in [-0.3, -0.25) is 24.0 Å². The molecule has 2 fully saturated rings. The number of aliphatic hydroxyl groups is 1. The lowest BCUT2D eigenvalue weighted by molar-refractivity contribution is -0.122. The number of nitrogens with two attached hydrogens (primary N) is 1. The van der Waals surface area contributed by atoms with Crippen LogP contribution in [-0.2, 0) is 47.7 Å². The predicted octanol–water partition coefficient (Wildman–Crippen LogP) is 3.68. The van der Waals surface area contributed by atoms with Gasteiger partial charge in [0.1, 0.15) is 6.10 Å². The van der Waals surface area contributed by atoms with E-state index in [9.17, 15) is 38.7 Å². The molecule has 3 aliphatic heterocycles. The zero-order valence-electron chi connectivity index (χ0n) is 43.6. The molecule has 9 atom stereocenters. The molecule has 4 aliphatic rings. The minimum absolute atomic E-state index is 0.0111. The van der Waals surface area contributed by atoms with Crippen LogP contribution in [0.3, 0.4) is 0 Å². The summed E-state index contributed by atoms with van der Waals surface area (Å²) < 4.78 is 28.2. The SMILES string of the molecule is COC1/C=C\C=C(/C)C(=O)NC2=CC(=O)C(NCCCOCCOCCCNC(=O)CCCCCNC(=O)CCCC[C@H]3SCC4NC(=O)NC43)=C(C[C@H](C)C[C@@H](OC)[C@@H](O)[C@H](C)/C=C(\C)[C@H]1OC(N)=O)C2=O. The summed E-state index contributed by atoms with van der Waals surface area (Å²) in [7, 11) is 2.91. The number of ether oxygens (including phenoxy) is 5. The Kier molecular flexibility index (Phi) is 26.8. The van der Waals surface area contributed by atoms with E-state index in [-0.39, 0.29) is 64.8 Å². The van der Waals surface area contributed by atoms with E-state index in [1.807, 2.05) is 18.7 Å². The van der Waals surface area contributed by atoms with E-state index >= 15 is 0 Å². The van der Waals surface area contributed by atoms with Crippen LogP contribution in [0.15, 0.2) is 58.5 Å². The summed E-state index contributed by atoms with van der Waals surface area (Å²) >= 11 is 1.89. The van der Waals surface area contributed by atoms with E-state index in [2.05, 4.69) is 31.9 Å². The van der Waals surface area contributed by atoms with Crippen molar-refractivity contribution in [3.05, 3.63) is 58.5 Å². The van der Waals surface area contributed by atoms with Crippen LogP contribution in [0.25, 0.3) is 0 Å². The number of unbranched alkanes of at least 4 members (excludes halogenated alkanes) is 3. The summed E-state index contributed by atoms with van der Waals surface area (Å²) in [6.07, 6.45) is 10.8. The molecule has 0 aromatic heterocycles. The Balaban J connectivity index is 1.12. The molecule has 0 aromatic rings. The van der Waals surface area contributed by atoms with Crippen molar-refractivity contribution in [2.45, 2.75) is 146 Å². The zero-order valence-corrected chi connectivity index (χ0v) is 44.4. The maximum atomic E-state index is 14.0. The van der Waals surface area contributed by atoms with Crippen molar-refractivity contribution in [2.24, 2.45) is 17.6 Å². The van der Waals surface area contributed by atoms with Gasteiger partial charge in [0.25, 0.3) is 5.91 Å². The predicted molar refractivity (Wildman–Crippen MR) is 277 cm³/mol. The summed E-state index contributed by atoms with van der Waals surface area (Å²) in [5.41, 5.74) is 6.37. The molecule has 9 N–H and O–H groups in total. The lowest BCUT2D eigenvalue weighted by Gasteiger charge is -2.30. The number of hydrogen-bond donors (Lipinski definition) is 8. The fraction of sp³-hybridized carbons (Fsp3) is 0.673. The monoisotopic (exact) mass is 1040 g/mol. The van der Waals surface area contributed by atoms with Crippen molar-refractivity contribution in [2.75, 3.05) is 66.0 Å². The van der Waals surface area contributed by atoms with Gasteiger partial charge in [-0.15, -0.1) is 0 Å². The van der Waals surface area contributed by atoms with Crippen LogP contribution in [0.2, 0.25) is 0 Å². The maximum absolute atomic E-state index is 14.0. The highest BCUT2D eigenvalue weighted by Gasteiger charge is 2.42. The number of ketones is 2. The molecule has 20 nitrogen and oxygen atoms in total. The highest BCUT2D eigenvalue weighted by atomic mass is 32.2. The third-order valence-electron chi connectivity index (χ3n) is 13.2. The summed E-state index contributed by atoms with van der Waals surface area (Å²) in [6.45, 7) is 9.92. The van der Waals surface area contributed by atoms with E-state index in [0.717, 1.165) is 50.4 Å². The minimum atomic E-state index is -1.02. The summed E-state index contributed by atoms with van der Waals surface area (Å²) in [4.78, 5) is 88.9. The van der Waals surface area contributed by atoms with E-state index in [4.69, 9.17) is 29.4 Å². The van der Waals surface area contributed by atoms with Crippen LogP contribution >= 0.6 is 11.8 Å². The highest BCUT2D eigenvalue weighted by molar-refractivity contribution is 8.00. The molecule has 2 bridgehead atoms. The number of thioether (sulfide) groups is 1. The van der Waals surface area contributed by atoms with Gasteiger partial charge in [-0.05, 0) is 76.7 Å². The topological polar surface area (TPSA) is 284 Å². The molecule has 3 unspecified atom stereocenters. The fourth-order valence-electron chi connectivity index (χ4n) is 9.16. The molecule has 0 spiro atoms. The molecule has 3 heterocycles. The quantitative estimate of drug-likeness (QED) is 0.0266. The smallest absolute Gasteiger partial charge is 0.405 e. The first kappa shape index (κ1) is 60.5. The summed E-state index contributed by atoms with van der Waals surface area (Å²) in [5, 5.41) is 29.5. The molecular weight excluding hydrogens is 963 g/mol. The van der Waals surface area contributed by atoms with Crippen LogP contribution in [0, 0.1) is 11.8 Å². The molecule has 2 saturated heterocycles. The van der Waals surface area contributed by atoms with E-state index < -0.39 is 53.9 Å². The van der Waals surface area contributed by atoms with Gasteiger partial charge < -0.3 is 66.4 Å². The van der Waals surface area contributed by atoms with Crippen LogP contribution < -0.4 is 37.6 Å². The number of Topliss-reactive ketones (excluding diaryl/α,β-unsaturated/α-hetero) is 1. The second-order valence-corrected chi connectivity index (χ2v) is 20.4. The van der Waals surface area contributed by atoms with Crippen molar-refractivity contribution in [1.29, 1.82) is 0 Å². The molecule has 0 aromatic carbocycles. The van der Waals surface area contributed by atoms with Crippen LogP contribution in [0.1, 0.15) is 105 Å². The Morgan fingerprint density at radius 2 is 1.52 bits per heavy atom. The Morgan fingerprint density at radius 1 is 0.849 bits per heavy atom. The number of methoxy groups -OCH3 is 2. The minimum Gasteiger partial charge on any atom is -0.439 e. The average molecular weight is 1040 g/mol. The number of fused-ring (bicyclic) bond motifs is 3. The van der Waals surface area contributed by atoms with Gasteiger partial charge in [0.05, 0.1) is 48.9 Å². The largest absolute Gasteiger partial charge is 0.439 e. The molecule has 408 valence electrons. The van der Waals surface area contributed by atoms with Crippen molar-refractivity contribution >= 4 is 53.2 Å². The zero-order chi connectivity index (χ0) is 53.3. The third kappa shape index (κ3) is 20.6. The van der Waals surface area contributed by atoms with E-state index in [1.165, 1.54) is 20.3 Å². The number of allylic oxidation sites excluding steroid dienone is 4. The van der Waals surface area contributed by atoms with Gasteiger partial charge in [-0.1, -0.05) is 51.0 Å². The number of hydrogen-bond acceptors (Lipinski definition) is 15. The van der Waals surface area contributed by atoms with Crippen LogP contribution in [-0.4, -0.2) is 154 Å². The van der Waals surface area contributed by atoms with Gasteiger partial charge in [0.2, 0.25) is 23.4 Å². The summed E-state index contributed by atoms with van der Waals surface area (Å²) in [6, 6.07) is 0.335. The lowest BCUT2D eigenvalue weighted by atomic mass is 9.85. The van der Waals surface area contributed by atoms with Crippen molar-refractivity contribution < 1.29 is 62.4 Å². The van der Waals surface area contributed by atoms with Crippen LogP contribution in [0.4, 0.5) is 9.59 Å². The Morgan fingerprint density at radius 3 is 2.19 bits per heavy atom. The van der Waals surface area contributed by atoms with Gasteiger partial charge >= 0.3 is 12.1 Å². The van der Waals surface area contributed by atoms with Crippen molar-refractivity contribution in [3.63, 3.8) is 0 Å². The van der Waals surface area contributed by atoms with Gasteiger partial charge in [-0.25, -0.2) is 9.59 Å². The molecule has 6 amide bonds. The Hall–Kier alpha value is -5.06. The highest BCUT2D eigenvalue weighted by Crippen LogP contribution is 2.33. The molecule has 0 saturated carbocycles. The Labute approximate surface area is 434 Å². The van der Waals surface area contributed by atoms with Gasteiger partial charge in [0.15, 0.2) is 6.10 Å². The summed E-state index contributed by atoms with van der Waals surface area (Å²) in [5.74, 6) is -1.35. The van der Waals surface area contributed by atoms with E-state index in [0.29, 0.717) is 89.0 Å². The average Bonchev–Trinajstić information content (AvgIpc) is 3.91. The number of rotatable bonds is 26. The second-order valence-electron chi connectivity index (χ2n) is 19.2. The number of carbonyl (C=O) groups is 7. The van der Waals surface area contributed by atoms with Gasteiger partial charge in [0, 0.05) is 94.1 Å². The number of aliphatic hydroxyl groups excluding tert-OH is 1. The first-order valence-electron chi connectivity index (χ1n) is 25.7. The van der Waals surface area contributed by atoms with Gasteiger partial charge in [-0.2, -0.15) is 11.8 Å². The van der Waals surface area contributed by atoms with Crippen LogP contribution in [0.5, 0.6) is 0 Å². The second kappa shape index (κ2) is 32.3. The standard InChI is InChI=1S/C52H81N7O13S/c1-32-27-36-45(39(60)30-37(48(36)64)57-50(65)33(2)15-12-16-40(68-5)49(72-51(53)66)35(4)29-34(3)47(63)41(28-32)69-6)56-22-14-24-71-26-25-70-23-13-21-55-43(61)18-8-7-11-20-54-44(62)19-10-9-17-42-46-38(31-73-42)58-52(67)59-46/h12,15-16,29-30,32,34,38,40-42,46-47,49,56,63H,7-11,13-14,17-28,31H2,1-6H3,(H2,53,66)(H,54,62)(H,55,61)(H,57,65)(H2,58,59,67)/b16-12-,33-15+,35-29+/t32-,34+,38?,40?,41+,42+,46?,47-,49+/m0/s1. The van der Waals surface area contributed by atoms with E-state index in [1.54, 1.807) is 39.0 Å². The van der Waals surface area contributed by atoms with Crippen molar-refractivity contribution in [1.82, 2.24) is 31.9 Å². The van der Waals surface area contributed by atoms with Crippen molar-refractivity contribution in [3.8, 4) is 0 Å². The molecule has 0 radical (unpaired) electrons. The fourth-order valence-corrected chi connectivity index (χ4v) is 10.7. The first-order chi connectivity index (χ1) is 35.0. The first-order valence-corrected chi connectivity index (χ1v) is 26.8. The molecule has 1 aliphatic carbocycles. The number of nitrogens with one attached hydrogen (secondary N) is 6. The number of primary amides is 1. The number of urea groups is 1. The molecular formula is C52H81N7O13S. The normalized spacial score (nSPS) is 27.8. The lowest BCUT2D eigenvalue weighted by Crippen LogP contribution is -2.38. The maximum Gasteiger partial charge on any atom is 0.405 e. The molecule has 21 heteroatoms. The number of amides is 6.